The normalized spacial score (nSPS) is 10.1. The number of rotatable bonds is 1. The Bertz CT molecular complexity index is 288. The molecule has 0 heterocycles. The van der Waals surface area contributed by atoms with Gasteiger partial charge in [0, 0.05) is 5.30 Å². The minimum Gasteiger partial charge on any atom is -0.491 e. The van der Waals surface area contributed by atoms with Gasteiger partial charge in [-0.1, -0.05) is 0 Å². The average Bonchev–Trinajstić information content (AvgIpc) is 2.02. The Morgan fingerprint density at radius 2 is 1.83 bits per heavy atom. The fraction of sp³-hybridized carbons (Fsp3) is 0.143. The first-order valence-corrected chi connectivity index (χ1v) is 3.62. The number of hydrogen-bond donors (Lipinski definition) is 0. The monoisotopic (exact) mass is 194 g/mol. The molecule has 1 atom stereocenters. The lowest BCUT2D eigenvalue weighted by Crippen LogP contribution is -2.06. The number of methoxy groups -OCH3 is 1. The maximum absolute atomic E-state index is 12.9. The van der Waals surface area contributed by atoms with Crippen molar-refractivity contribution < 1.29 is 17.9 Å². The van der Waals surface area contributed by atoms with Crippen molar-refractivity contribution in [2.45, 2.75) is 0 Å². The highest BCUT2D eigenvalue weighted by Gasteiger charge is 2.16. The van der Waals surface area contributed by atoms with Crippen molar-refractivity contribution in [3.63, 3.8) is 0 Å². The van der Waals surface area contributed by atoms with E-state index in [4.69, 9.17) is 0 Å². The molecule has 1 aromatic carbocycles. The Morgan fingerprint density at radius 1 is 1.25 bits per heavy atom. The van der Waals surface area contributed by atoms with E-state index in [1.807, 2.05) is 9.24 Å². The smallest absolute Gasteiger partial charge is 0.203 e. The van der Waals surface area contributed by atoms with Gasteiger partial charge in [-0.25, -0.2) is 8.78 Å². The summed E-state index contributed by atoms with van der Waals surface area (Å²) in [7, 11) is 3.02. The van der Waals surface area contributed by atoms with E-state index in [1.54, 1.807) is 0 Å². The van der Waals surface area contributed by atoms with Crippen molar-refractivity contribution in [2.24, 2.45) is 0 Å². The fourth-order valence-electron chi connectivity index (χ4n) is 0.778. The van der Waals surface area contributed by atoms with E-state index in [9.17, 15) is 13.2 Å². The van der Waals surface area contributed by atoms with Crippen LogP contribution in [0.15, 0.2) is 6.07 Å². The van der Waals surface area contributed by atoms with Gasteiger partial charge in [0.2, 0.25) is 5.82 Å². The van der Waals surface area contributed by atoms with E-state index >= 15 is 0 Å². The minimum absolute atomic E-state index is 0.0641. The molecular formula is C7H6F3OP. The Kier molecular flexibility index (Phi) is 2.58. The molecule has 0 aliphatic heterocycles. The van der Waals surface area contributed by atoms with Crippen LogP contribution in [0.1, 0.15) is 0 Å². The summed E-state index contributed by atoms with van der Waals surface area (Å²) in [5, 5.41) is -0.0641. The van der Waals surface area contributed by atoms with Crippen molar-refractivity contribution in [1.29, 1.82) is 0 Å². The Hall–Kier alpha value is -0.760. The van der Waals surface area contributed by atoms with E-state index < -0.39 is 23.2 Å². The highest BCUT2D eigenvalue weighted by atomic mass is 31.0. The van der Waals surface area contributed by atoms with Gasteiger partial charge in [0.15, 0.2) is 17.4 Å². The standard InChI is InChI=1S/C7H6F3OP/c1-11-7-5(9)3(8)2-4(12)6(7)10/h2H,12H2,1H3. The molecule has 0 N–H and O–H groups in total. The molecule has 1 rings (SSSR count). The number of ether oxygens (including phenoxy) is 1. The van der Waals surface area contributed by atoms with Crippen LogP contribution in [0.25, 0.3) is 0 Å². The molecule has 0 bridgehead atoms. The fourth-order valence-corrected chi connectivity index (χ4v) is 1.06. The zero-order valence-corrected chi connectivity index (χ0v) is 7.35. The molecule has 0 aromatic heterocycles. The molecule has 0 aliphatic carbocycles. The van der Waals surface area contributed by atoms with Crippen LogP contribution < -0.4 is 10.0 Å². The van der Waals surface area contributed by atoms with Crippen molar-refractivity contribution in [3.05, 3.63) is 23.5 Å². The van der Waals surface area contributed by atoms with Crippen LogP contribution in [-0.4, -0.2) is 7.11 Å². The molecule has 1 nitrogen and oxygen atoms in total. The average molecular weight is 194 g/mol. The Balaban J connectivity index is 3.42. The summed E-state index contributed by atoms with van der Waals surface area (Å²) >= 11 is 0. The van der Waals surface area contributed by atoms with Crippen molar-refractivity contribution in [3.8, 4) is 5.75 Å². The summed E-state index contributed by atoms with van der Waals surface area (Å²) < 4.78 is 42.5. The van der Waals surface area contributed by atoms with Gasteiger partial charge in [-0.3, -0.25) is 0 Å². The van der Waals surface area contributed by atoms with Gasteiger partial charge in [0.25, 0.3) is 0 Å². The summed E-state index contributed by atoms with van der Waals surface area (Å²) in [5.41, 5.74) is 0. The number of benzene rings is 1. The SMILES string of the molecule is COc1c(F)c(F)cc(P)c1F. The predicted molar refractivity (Wildman–Crippen MR) is 42.2 cm³/mol. The van der Waals surface area contributed by atoms with Crippen LogP contribution in [0.5, 0.6) is 5.75 Å². The second-order valence-electron chi connectivity index (χ2n) is 2.11. The molecule has 0 fully saturated rings. The zero-order valence-electron chi connectivity index (χ0n) is 6.20. The van der Waals surface area contributed by atoms with Crippen molar-refractivity contribution in [1.82, 2.24) is 0 Å². The lowest BCUT2D eigenvalue weighted by Gasteiger charge is -2.05. The van der Waals surface area contributed by atoms with E-state index in [1.165, 1.54) is 0 Å². The quantitative estimate of drug-likeness (QED) is 0.487. The van der Waals surface area contributed by atoms with Crippen molar-refractivity contribution >= 4 is 14.5 Å². The first-order chi connectivity index (χ1) is 5.57. The van der Waals surface area contributed by atoms with E-state index in [-0.39, 0.29) is 5.30 Å². The number of halogens is 3. The highest BCUT2D eigenvalue weighted by molar-refractivity contribution is 7.27. The summed E-state index contributed by atoms with van der Waals surface area (Å²) in [6, 6.07) is 0.748. The molecule has 1 aromatic rings. The van der Waals surface area contributed by atoms with Crippen molar-refractivity contribution in [2.75, 3.05) is 7.11 Å². The topological polar surface area (TPSA) is 9.23 Å². The van der Waals surface area contributed by atoms with Gasteiger partial charge in [-0.05, 0) is 6.07 Å². The molecule has 66 valence electrons. The van der Waals surface area contributed by atoms with Gasteiger partial charge in [-0.15, -0.1) is 9.24 Å². The molecule has 0 spiro atoms. The third-order valence-corrected chi connectivity index (χ3v) is 1.77. The second-order valence-corrected chi connectivity index (χ2v) is 2.73. The summed E-state index contributed by atoms with van der Waals surface area (Å²) in [6.45, 7) is 0. The van der Waals surface area contributed by atoms with Gasteiger partial charge >= 0.3 is 0 Å². The van der Waals surface area contributed by atoms with Crippen LogP contribution >= 0.6 is 9.24 Å². The van der Waals surface area contributed by atoms with Crippen LogP contribution in [-0.2, 0) is 0 Å². The first kappa shape index (κ1) is 9.33. The summed E-state index contributed by atoms with van der Waals surface area (Å²) in [6.07, 6.45) is 0. The minimum atomic E-state index is -1.30. The predicted octanol–water partition coefficient (Wildman–Crippen LogP) is 1.61. The van der Waals surface area contributed by atoms with Gasteiger partial charge in [0.1, 0.15) is 0 Å². The third-order valence-electron chi connectivity index (χ3n) is 1.35. The molecule has 1 unspecified atom stereocenters. The summed E-state index contributed by atoms with van der Waals surface area (Å²) in [5.74, 6) is -4.03. The summed E-state index contributed by atoms with van der Waals surface area (Å²) in [4.78, 5) is 0. The van der Waals surface area contributed by atoms with Crippen LogP contribution in [0.4, 0.5) is 13.2 Å². The lowest BCUT2D eigenvalue weighted by molar-refractivity contribution is 0.348. The zero-order chi connectivity index (χ0) is 9.30. The van der Waals surface area contributed by atoms with E-state index in [0.29, 0.717) is 0 Å². The maximum atomic E-state index is 12.9. The van der Waals surface area contributed by atoms with Gasteiger partial charge < -0.3 is 4.74 Å². The van der Waals surface area contributed by atoms with E-state index in [0.717, 1.165) is 13.2 Å². The highest BCUT2D eigenvalue weighted by Crippen LogP contribution is 2.22. The third kappa shape index (κ3) is 1.39. The van der Waals surface area contributed by atoms with Crippen LogP contribution in [0, 0.1) is 17.5 Å². The molecule has 5 heteroatoms. The largest absolute Gasteiger partial charge is 0.491 e. The molecule has 0 aliphatic rings. The van der Waals surface area contributed by atoms with Crippen LogP contribution in [0.2, 0.25) is 0 Å². The molecule has 0 amide bonds. The number of hydrogen-bond acceptors (Lipinski definition) is 1. The second kappa shape index (κ2) is 3.31. The first-order valence-electron chi connectivity index (χ1n) is 3.05. The Morgan fingerprint density at radius 3 is 2.33 bits per heavy atom. The van der Waals surface area contributed by atoms with E-state index in [2.05, 4.69) is 4.74 Å². The van der Waals surface area contributed by atoms with Gasteiger partial charge in [-0.2, -0.15) is 4.39 Å². The lowest BCUT2D eigenvalue weighted by atomic mass is 10.3. The molecule has 12 heavy (non-hydrogen) atoms. The molecule has 0 saturated heterocycles. The van der Waals surface area contributed by atoms with Crippen LogP contribution in [0.3, 0.4) is 0 Å². The molecule has 0 radical (unpaired) electrons. The Labute approximate surface area is 69.7 Å². The molecular weight excluding hydrogens is 188 g/mol. The maximum Gasteiger partial charge on any atom is 0.203 e. The molecule has 0 saturated carbocycles. The van der Waals surface area contributed by atoms with Gasteiger partial charge in [0.05, 0.1) is 7.11 Å².